The number of carbonyl (C=O) groups is 2. The van der Waals surface area contributed by atoms with Crippen molar-refractivity contribution in [1.29, 1.82) is 0 Å². The van der Waals surface area contributed by atoms with Crippen molar-refractivity contribution in [2.75, 3.05) is 60.2 Å². The molecule has 0 aliphatic carbocycles. The van der Waals surface area contributed by atoms with Crippen molar-refractivity contribution >= 4 is 29.1 Å². The molecule has 1 fully saturated rings. The van der Waals surface area contributed by atoms with Crippen LogP contribution in [0, 0.1) is 5.82 Å². The number of methoxy groups -OCH3 is 2. The molecule has 0 unspecified atom stereocenters. The highest BCUT2D eigenvalue weighted by Crippen LogP contribution is 2.40. The molecular formula is C32H34ClFN4O5. The number of nitrogens with zero attached hydrogens (tertiary/aromatic N) is 4. The Bertz CT molecular complexity index is 1500. The molecule has 43 heavy (non-hydrogen) atoms. The molecule has 0 saturated carbocycles. The maximum Gasteiger partial charge on any atom is 0.262 e. The van der Waals surface area contributed by atoms with Gasteiger partial charge in [0.05, 0.1) is 44.8 Å². The number of amides is 2. The average molecular weight is 609 g/mol. The first kappa shape index (κ1) is 30.5. The highest BCUT2D eigenvalue weighted by molar-refractivity contribution is 6.34. The molecule has 226 valence electrons. The SMILES string of the molecule is COc1ccc(OC)c([C@H]2CC(c3ccccc3Cl)=NN2C(=O)CN(CCN2CCOCC2)C(=O)c2ccccc2F)c1. The second-order valence-corrected chi connectivity index (χ2v) is 10.7. The van der Waals surface area contributed by atoms with Gasteiger partial charge in [-0.1, -0.05) is 41.9 Å². The summed E-state index contributed by atoms with van der Waals surface area (Å²) in [4.78, 5) is 31.3. The Hall–Kier alpha value is -3.99. The van der Waals surface area contributed by atoms with E-state index in [-0.39, 0.29) is 18.7 Å². The van der Waals surface area contributed by atoms with Crippen molar-refractivity contribution in [3.8, 4) is 11.5 Å². The average Bonchev–Trinajstić information content (AvgIpc) is 3.48. The van der Waals surface area contributed by atoms with Crippen LogP contribution in [0.15, 0.2) is 71.8 Å². The summed E-state index contributed by atoms with van der Waals surface area (Å²) in [6.45, 7) is 3.05. The normalized spacial score (nSPS) is 17.0. The van der Waals surface area contributed by atoms with Crippen molar-refractivity contribution < 1.29 is 28.2 Å². The molecule has 1 atom stereocenters. The first-order chi connectivity index (χ1) is 20.9. The molecule has 0 bridgehead atoms. The fourth-order valence-electron chi connectivity index (χ4n) is 5.32. The molecule has 1 saturated heterocycles. The fourth-order valence-corrected chi connectivity index (χ4v) is 5.57. The van der Waals surface area contributed by atoms with Gasteiger partial charge in [-0.25, -0.2) is 9.40 Å². The number of rotatable bonds is 10. The topological polar surface area (TPSA) is 83.9 Å². The second-order valence-electron chi connectivity index (χ2n) is 10.3. The van der Waals surface area contributed by atoms with Crippen molar-refractivity contribution in [3.05, 3.63) is 94.3 Å². The van der Waals surface area contributed by atoms with Gasteiger partial charge in [0.1, 0.15) is 23.9 Å². The predicted molar refractivity (Wildman–Crippen MR) is 161 cm³/mol. The molecule has 0 aromatic heterocycles. The van der Waals surface area contributed by atoms with E-state index < -0.39 is 23.7 Å². The molecule has 2 aliphatic heterocycles. The number of halogens is 2. The van der Waals surface area contributed by atoms with Crippen LogP contribution in [0.2, 0.25) is 5.02 Å². The minimum absolute atomic E-state index is 0.0926. The molecule has 2 aliphatic rings. The van der Waals surface area contributed by atoms with Crippen LogP contribution in [0.3, 0.4) is 0 Å². The Morgan fingerprint density at radius 1 is 1.05 bits per heavy atom. The Kier molecular flexibility index (Phi) is 9.91. The van der Waals surface area contributed by atoms with Crippen LogP contribution < -0.4 is 9.47 Å². The highest BCUT2D eigenvalue weighted by atomic mass is 35.5. The maximum atomic E-state index is 14.7. The van der Waals surface area contributed by atoms with Gasteiger partial charge in [0, 0.05) is 48.7 Å². The summed E-state index contributed by atoms with van der Waals surface area (Å²) < 4.78 is 31.3. The van der Waals surface area contributed by atoms with Gasteiger partial charge in [-0.15, -0.1) is 0 Å². The molecule has 3 aromatic rings. The van der Waals surface area contributed by atoms with Crippen molar-refractivity contribution in [1.82, 2.24) is 14.8 Å². The lowest BCUT2D eigenvalue weighted by molar-refractivity contribution is -0.133. The van der Waals surface area contributed by atoms with Crippen LogP contribution in [0.25, 0.3) is 0 Å². The molecule has 9 nitrogen and oxygen atoms in total. The van der Waals surface area contributed by atoms with E-state index in [0.717, 1.165) is 0 Å². The zero-order valence-electron chi connectivity index (χ0n) is 24.2. The Morgan fingerprint density at radius 2 is 1.79 bits per heavy atom. The Labute approximate surface area is 255 Å². The lowest BCUT2D eigenvalue weighted by Gasteiger charge is -2.31. The summed E-state index contributed by atoms with van der Waals surface area (Å²) in [6.07, 6.45) is 0.355. The molecule has 0 N–H and O–H groups in total. The minimum atomic E-state index is -0.643. The van der Waals surface area contributed by atoms with Crippen molar-refractivity contribution in [3.63, 3.8) is 0 Å². The largest absolute Gasteiger partial charge is 0.497 e. The molecule has 2 amide bonds. The zero-order valence-corrected chi connectivity index (χ0v) is 24.9. The summed E-state index contributed by atoms with van der Waals surface area (Å²) in [6, 6.07) is 17.9. The number of morpholine rings is 1. The number of hydrazone groups is 1. The summed E-state index contributed by atoms with van der Waals surface area (Å²) in [5.74, 6) is -0.481. The van der Waals surface area contributed by atoms with Crippen LogP contribution in [0.4, 0.5) is 4.39 Å². The van der Waals surface area contributed by atoms with Crippen molar-refractivity contribution in [2.45, 2.75) is 12.5 Å². The fraction of sp³-hybridized carbons (Fsp3) is 0.344. The molecule has 2 heterocycles. The van der Waals surface area contributed by atoms with Crippen LogP contribution in [-0.2, 0) is 9.53 Å². The van der Waals surface area contributed by atoms with Gasteiger partial charge in [0.15, 0.2) is 0 Å². The Morgan fingerprint density at radius 3 is 2.51 bits per heavy atom. The van der Waals surface area contributed by atoms with E-state index in [1.165, 1.54) is 28.1 Å². The van der Waals surface area contributed by atoms with E-state index in [0.29, 0.717) is 72.6 Å². The van der Waals surface area contributed by atoms with Crippen LogP contribution in [0.1, 0.15) is 33.9 Å². The second kappa shape index (κ2) is 14.0. The lowest BCUT2D eigenvalue weighted by Crippen LogP contribution is -2.46. The molecule has 0 spiro atoms. The van der Waals surface area contributed by atoms with E-state index in [2.05, 4.69) is 4.90 Å². The van der Waals surface area contributed by atoms with Crippen LogP contribution in [0.5, 0.6) is 11.5 Å². The minimum Gasteiger partial charge on any atom is -0.497 e. The van der Waals surface area contributed by atoms with Gasteiger partial charge in [-0.3, -0.25) is 14.5 Å². The summed E-state index contributed by atoms with van der Waals surface area (Å²) >= 11 is 6.52. The molecule has 3 aromatic carbocycles. The summed E-state index contributed by atoms with van der Waals surface area (Å²) in [5.41, 5.74) is 1.93. The van der Waals surface area contributed by atoms with Gasteiger partial charge < -0.3 is 19.1 Å². The Balaban J connectivity index is 1.48. The van der Waals surface area contributed by atoms with Gasteiger partial charge in [-0.2, -0.15) is 5.10 Å². The third kappa shape index (κ3) is 6.98. The quantitative estimate of drug-likeness (QED) is 0.333. The van der Waals surface area contributed by atoms with Crippen molar-refractivity contribution in [2.24, 2.45) is 5.10 Å². The van der Waals surface area contributed by atoms with E-state index in [1.54, 1.807) is 38.5 Å². The van der Waals surface area contributed by atoms with Gasteiger partial charge in [-0.05, 0) is 36.4 Å². The van der Waals surface area contributed by atoms with E-state index >= 15 is 0 Å². The number of hydrogen-bond donors (Lipinski definition) is 0. The zero-order chi connectivity index (χ0) is 30.3. The van der Waals surface area contributed by atoms with E-state index in [1.807, 2.05) is 24.3 Å². The first-order valence-corrected chi connectivity index (χ1v) is 14.5. The lowest BCUT2D eigenvalue weighted by atomic mass is 9.97. The third-order valence-electron chi connectivity index (χ3n) is 7.65. The van der Waals surface area contributed by atoms with E-state index in [4.69, 9.17) is 30.9 Å². The van der Waals surface area contributed by atoms with E-state index in [9.17, 15) is 14.0 Å². The smallest absolute Gasteiger partial charge is 0.262 e. The first-order valence-electron chi connectivity index (χ1n) is 14.1. The van der Waals surface area contributed by atoms with Gasteiger partial charge in [0.2, 0.25) is 0 Å². The van der Waals surface area contributed by atoms with Crippen LogP contribution >= 0.6 is 11.6 Å². The number of ether oxygens (including phenoxy) is 3. The predicted octanol–water partition coefficient (Wildman–Crippen LogP) is 4.65. The van der Waals surface area contributed by atoms with Gasteiger partial charge >= 0.3 is 0 Å². The number of hydrogen-bond acceptors (Lipinski definition) is 7. The number of carbonyl (C=O) groups excluding carboxylic acids is 2. The number of benzene rings is 3. The van der Waals surface area contributed by atoms with Gasteiger partial charge in [0.25, 0.3) is 11.8 Å². The summed E-state index contributed by atoms with van der Waals surface area (Å²) in [7, 11) is 3.12. The molecule has 0 radical (unpaired) electrons. The monoisotopic (exact) mass is 608 g/mol. The molecular weight excluding hydrogens is 575 g/mol. The maximum absolute atomic E-state index is 14.7. The van der Waals surface area contributed by atoms with Crippen LogP contribution in [-0.4, -0.2) is 92.5 Å². The third-order valence-corrected chi connectivity index (χ3v) is 7.98. The summed E-state index contributed by atoms with van der Waals surface area (Å²) in [5, 5.41) is 6.63. The highest BCUT2D eigenvalue weighted by Gasteiger charge is 2.37. The molecule has 11 heteroatoms. The standard InChI is InChI=1S/C32H34ClFN4O5/c1-41-22-11-12-30(42-2)25(19-22)29-20-28(23-7-3-5-9-26(23)33)35-38(29)31(39)21-37(14-13-36-15-17-43-18-16-36)32(40)24-8-4-6-10-27(24)34/h3-12,19,29H,13-18,20-21H2,1-2H3/t29-/m1/s1. The molecule has 5 rings (SSSR count).